The van der Waals surface area contributed by atoms with E-state index in [0.29, 0.717) is 5.22 Å². The van der Waals surface area contributed by atoms with Gasteiger partial charge in [-0.2, -0.15) is 5.10 Å². The third kappa shape index (κ3) is 2.42. The second kappa shape index (κ2) is 5.02. The van der Waals surface area contributed by atoms with Crippen molar-refractivity contribution in [3.8, 4) is 0 Å². The van der Waals surface area contributed by atoms with Crippen molar-refractivity contribution in [2.45, 2.75) is 17.9 Å². The first-order valence-electron chi connectivity index (χ1n) is 5.81. The van der Waals surface area contributed by atoms with Crippen LogP contribution in [0.15, 0.2) is 38.4 Å². The van der Waals surface area contributed by atoms with Gasteiger partial charge in [-0.15, -0.1) is 0 Å². The minimum Gasteiger partial charge on any atom is -0.431 e. The Labute approximate surface area is 123 Å². The number of thioether (sulfide) groups is 1. The molecule has 0 saturated heterocycles. The molecule has 2 heterocycles. The molecule has 98 valence electrons. The molecule has 0 spiro atoms. The topological polar surface area (TPSA) is 43.9 Å². The highest BCUT2D eigenvalue weighted by atomic mass is 79.9. The third-order valence-corrected chi connectivity index (χ3v) is 4.74. The Morgan fingerprint density at radius 3 is 2.84 bits per heavy atom. The van der Waals surface area contributed by atoms with Gasteiger partial charge in [0.15, 0.2) is 5.58 Å². The summed E-state index contributed by atoms with van der Waals surface area (Å²) in [7, 11) is 1.94. The van der Waals surface area contributed by atoms with Gasteiger partial charge in [0.2, 0.25) is 0 Å². The van der Waals surface area contributed by atoms with E-state index >= 15 is 0 Å². The van der Waals surface area contributed by atoms with Crippen LogP contribution in [0, 0.1) is 6.92 Å². The summed E-state index contributed by atoms with van der Waals surface area (Å²) >= 11 is 5.13. The first kappa shape index (κ1) is 12.7. The highest BCUT2D eigenvalue weighted by Crippen LogP contribution is 2.29. The Morgan fingerprint density at radius 1 is 1.37 bits per heavy atom. The summed E-state index contributed by atoms with van der Waals surface area (Å²) in [6.07, 6.45) is 0. The SMILES string of the molecule is Cc1nn(C)c(CSc2nc3ccccc3o2)c1Br. The Bertz CT molecular complexity index is 702. The van der Waals surface area contributed by atoms with Crippen LogP contribution in [0.5, 0.6) is 0 Å². The van der Waals surface area contributed by atoms with Gasteiger partial charge >= 0.3 is 0 Å². The average molecular weight is 338 g/mol. The molecule has 0 fully saturated rings. The second-order valence-corrected chi connectivity index (χ2v) is 5.93. The highest BCUT2D eigenvalue weighted by molar-refractivity contribution is 9.10. The maximum atomic E-state index is 5.68. The predicted octanol–water partition coefficient (Wildman–Crippen LogP) is 3.92. The molecule has 0 aliphatic rings. The van der Waals surface area contributed by atoms with E-state index < -0.39 is 0 Å². The van der Waals surface area contributed by atoms with Crippen molar-refractivity contribution >= 4 is 38.8 Å². The van der Waals surface area contributed by atoms with Crippen molar-refractivity contribution in [1.29, 1.82) is 0 Å². The molecular weight excluding hydrogens is 326 g/mol. The molecule has 0 amide bonds. The molecule has 2 aromatic heterocycles. The number of rotatable bonds is 3. The number of nitrogens with zero attached hydrogens (tertiary/aromatic N) is 3. The standard InChI is InChI=1S/C13H12BrN3OS/c1-8-12(14)10(17(2)16-8)7-19-13-15-9-5-3-4-6-11(9)18-13/h3-6H,7H2,1-2H3. The average Bonchev–Trinajstić information content (AvgIpc) is 2.90. The third-order valence-electron chi connectivity index (χ3n) is 2.87. The van der Waals surface area contributed by atoms with Crippen LogP contribution >= 0.6 is 27.7 Å². The number of oxazole rings is 1. The fraction of sp³-hybridized carbons (Fsp3) is 0.231. The molecule has 4 nitrogen and oxygen atoms in total. The van der Waals surface area contributed by atoms with Crippen LogP contribution in [-0.4, -0.2) is 14.8 Å². The normalized spacial score (nSPS) is 11.3. The van der Waals surface area contributed by atoms with Crippen molar-refractivity contribution in [3.05, 3.63) is 40.1 Å². The van der Waals surface area contributed by atoms with Gasteiger partial charge in [0.05, 0.1) is 15.9 Å². The number of hydrogen-bond donors (Lipinski definition) is 0. The van der Waals surface area contributed by atoms with E-state index in [1.807, 2.05) is 42.9 Å². The molecule has 0 bridgehead atoms. The van der Waals surface area contributed by atoms with Crippen molar-refractivity contribution in [1.82, 2.24) is 14.8 Å². The fourth-order valence-corrected chi connectivity index (χ4v) is 3.44. The Kier molecular flexibility index (Phi) is 3.36. The van der Waals surface area contributed by atoms with E-state index in [4.69, 9.17) is 4.42 Å². The summed E-state index contributed by atoms with van der Waals surface area (Å²) in [4.78, 5) is 4.45. The van der Waals surface area contributed by atoms with Gasteiger partial charge in [-0.05, 0) is 35.0 Å². The van der Waals surface area contributed by atoms with Crippen LogP contribution in [0.4, 0.5) is 0 Å². The quantitative estimate of drug-likeness (QED) is 0.679. The summed E-state index contributed by atoms with van der Waals surface area (Å²) < 4.78 is 8.62. The zero-order valence-corrected chi connectivity index (χ0v) is 13.0. The van der Waals surface area contributed by atoms with Crippen molar-refractivity contribution in [2.75, 3.05) is 0 Å². The lowest BCUT2D eigenvalue weighted by Crippen LogP contribution is -1.96. The molecule has 0 aliphatic carbocycles. The van der Waals surface area contributed by atoms with E-state index in [2.05, 4.69) is 26.0 Å². The second-order valence-electron chi connectivity index (χ2n) is 4.21. The summed E-state index contributed by atoms with van der Waals surface area (Å²) in [6.45, 7) is 1.98. The highest BCUT2D eigenvalue weighted by Gasteiger charge is 2.13. The van der Waals surface area contributed by atoms with Crippen molar-refractivity contribution < 1.29 is 4.42 Å². The molecule has 3 aromatic rings. The van der Waals surface area contributed by atoms with Gasteiger partial charge in [0, 0.05) is 12.8 Å². The zero-order chi connectivity index (χ0) is 13.4. The smallest absolute Gasteiger partial charge is 0.257 e. The van der Waals surface area contributed by atoms with Crippen molar-refractivity contribution in [3.63, 3.8) is 0 Å². The van der Waals surface area contributed by atoms with E-state index in [9.17, 15) is 0 Å². The largest absolute Gasteiger partial charge is 0.431 e. The van der Waals surface area contributed by atoms with Crippen LogP contribution in [-0.2, 0) is 12.8 Å². The van der Waals surface area contributed by atoms with Crippen molar-refractivity contribution in [2.24, 2.45) is 7.05 Å². The number of benzene rings is 1. The lowest BCUT2D eigenvalue weighted by molar-refractivity contribution is 0.489. The minimum absolute atomic E-state index is 0.687. The van der Waals surface area contributed by atoms with Gasteiger partial charge in [0.1, 0.15) is 5.52 Å². The monoisotopic (exact) mass is 337 g/mol. The molecule has 6 heteroatoms. The number of fused-ring (bicyclic) bond motifs is 1. The Hall–Kier alpha value is -1.27. The van der Waals surface area contributed by atoms with E-state index in [0.717, 1.165) is 32.7 Å². The van der Waals surface area contributed by atoms with Crippen LogP contribution in [0.1, 0.15) is 11.4 Å². The number of para-hydroxylation sites is 2. The molecule has 0 N–H and O–H groups in total. The number of hydrogen-bond acceptors (Lipinski definition) is 4. The van der Waals surface area contributed by atoms with Crippen LogP contribution in [0.2, 0.25) is 0 Å². The lowest BCUT2D eigenvalue weighted by Gasteiger charge is -1.99. The summed E-state index contributed by atoms with van der Waals surface area (Å²) in [5, 5.41) is 5.06. The van der Waals surface area contributed by atoms with Gasteiger partial charge in [0.25, 0.3) is 5.22 Å². The molecule has 1 aromatic carbocycles. The van der Waals surface area contributed by atoms with E-state index in [-0.39, 0.29) is 0 Å². The van der Waals surface area contributed by atoms with E-state index in [1.165, 1.54) is 0 Å². The molecule has 0 unspecified atom stereocenters. The lowest BCUT2D eigenvalue weighted by atomic mass is 10.3. The number of aryl methyl sites for hydroxylation is 2. The molecular formula is C13H12BrN3OS. The first-order chi connectivity index (χ1) is 9.15. The number of halogens is 1. The van der Waals surface area contributed by atoms with Crippen LogP contribution in [0.3, 0.4) is 0 Å². The number of aromatic nitrogens is 3. The minimum atomic E-state index is 0.687. The molecule has 0 saturated carbocycles. The summed E-state index contributed by atoms with van der Waals surface area (Å²) in [5.41, 5.74) is 3.84. The maximum Gasteiger partial charge on any atom is 0.257 e. The van der Waals surface area contributed by atoms with Gasteiger partial charge in [-0.25, -0.2) is 4.98 Å². The molecule has 3 rings (SSSR count). The summed E-state index contributed by atoms with van der Waals surface area (Å²) in [6, 6.07) is 7.78. The van der Waals surface area contributed by atoms with Crippen LogP contribution in [0.25, 0.3) is 11.1 Å². The zero-order valence-electron chi connectivity index (χ0n) is 10.6. The predicted molar refractivity (Wildman–Crippen MR) is 79.2 cm³/mol. The maximum absolute atomic E-state index is 5.68. The first-order valence-corrected chi connectivity index (χ1v) is 7.59. The Morgan fingerprint density at radius 2 is 2.16 bits per heavy atom. The molecule has 0 radical (unpaired) electrons. The van der Waals surface area contributed by atoms with E-state index in [1.54, 1.807) is 11.8 Å². The molecule has 0 aliphatic heterocycles. The molecule has 19 heavy (non-hydrogen) atoms. The summed E-state index contributed by atoms with van der Waals surface area (Å²) in [5.74, 6) is 0.769. The van der Waals surface area contributed by atoms with Crippen LogP contribution < -0.4 is 0 Å². The molecule has 0 atom stereocenters. The van der Waals surface area contributed by atoms with Gasteiger partial charge in [-0.1, -0.05) is 23.9 Å². The van der Waals surface area contributed by atoms with Gasteiger partial charge < -0.3 is 4.42 Å². The Balaban J connectivity index is 1.82. The van der Waals surface area contributed by atoms with Gasteiger partial charge in [-0.3, -0.25) is 4.68 Å². The fourth-order valence-electron chi connectivity index (χ4n) is 1.88.